The minimum absolute atomic E-state index is 0.709. The van der Waals surface area contributed by atoms with Crippen LogP contribution in [0.3, 0.4) is 0 Å². The normalized spacial score (nSPS) is 10.6. The molecule has 0 aromatic carbocycles. The monoisotopic (exact) mass is 250 g/mol. The van der Waals surface area contributed by atoms with Gasteiger partial charge in [-0.2, -0.15) is 0 Å². The SMILES string of the molecule is CCCCCCCNCc1cnc(NCC)nc1. The molecular weight excluding hydrogens is 224 g/mol. The van der Waals surface area contributed by atoms with Crippen LogP contribution in [0.2, 0.25) is 0 Å². The number of unbranched alkanes of at least 4 members (excludes halogenated alkanes) is 4. The summed E-state index contributed by atoms with van der Waals surface area (Å²) in [6.45, 7) is 7.08. The third-order valence-corrected chi connectivity index (χ3v) is 2.83. The van der Waals surface area contributed by atoms with E-state index in [1.165, 1.54) is 32.1 Å². The van der Waals surface area contributed by atoms with Crippen LogP contribution >= 0.6 is 0 Å². The molecule has 0 atom stereocenters. The van der Waals surface area contributed by atoms with Crippen molar-refractivity contribution in [3.63, 3.8) is 0 Å². The molecule has 0 spiro atoms. The second-order valence-corrected chi connectivity index (χ2v) is 4.54. The van der Waals surface area contributed by atoms with E-state index in [1.807, 2.05) is 19.3 Å². The summed E-state index contributed by atoms with van der Waals surface area (Å²) in [5, 5.41) is 6.52. The molecule has 0 unspecified atom stereocenters. The van der Waals surface area contributed by atoms with Gasteiger partial charge in [-0.05, 0) is 19.9 Å². The molecule has 0 radical (unpaired) electrons. The number of nitrogens with zero attached hydrogens (tertiary/aromatic N) is 2. The summed E-state index contributed by atoms with van der Waals surface area (Å²) in [5.41, 5.74) is 1.14. The minimum Gasteiger partial charge on any atom is -0.355 e. The largest absolute Gasteiger partial charge is 0.355 e. The Morgan fingerprint density at radius 1 is 1.00 bits per heavy atom. The van der Waals surface area contributed by atoms with Crippen LogP contribution in [-0.4, -0.2) is 23.1 Å². The first kappa shape index (κ1) is 14.9. The van der Waals surface area contributed by atoms with Crippen LogP contribution in [-0.2, 0) is 6.54 Å². The second kappa shape index (κ2) is 9.83. The lowest BCUT2D eigenvalue weighted by Crippen LogP contribution is -2.15. The third-order valence-electron chi connectivity index (χ3n) is 2.83. The average molecular weight is 250 g/mol. The van der Waals surface area contributed by atoms with Crippen molar-refractivity contribution in [1.29, 1.82) is 0 Å². The fourth-order valence-electron chi connectivity index (χ4n) is 1.78. The maximum absolute atomic E-state index is 4.25. The van der Waals surface area contributed by atoms with Crippen LogP contribution in [0, 0.1) is 0 Å². The molecule has 18 heavy (non-hydrogen) atoms. The van der Waals surface area contributed by atoms with Crippen molar-refractivity contribution in [1.82, 2.24) is 15.3 Å². The summed E-state index contributed by atoms with van der Waals surface area (Å²) in [5.74, 6) is 0.709. The number of aromatic nitrogens is 2. The smallest absolute Gasteiger partial charge is 0.222 e. The fraction of sp³-hybridized carbons (Fsp3) is 0.714. The van der Waals surface area contributed by atoms with E-state index in [4.69, 9.17) is 0 Å². The standard InChI is InChI=1S/C14H26N4/c1-3-5-6-7-8-9-15-10-13-11-17-14(16-4-2)18-12-13/h11-12,15H,3-10H2,1-2H3,(H,16,17,18). The maximum Gasteiger partial charge on any atom is 0.222 e. The van der Waals surface area contributed by atoms with E-state index in [0.29, 0.717) is 5.95 Å². The zero-order valence-corrected chi connectivity index (χ0v) is 11.7. The van der Waals surface area contributed by atoms with Crippen molar-refractivity contribution in [3.8, 4) is 0 Å². The molecule has 1 aromatic rings. The molecule has 4 heteroatoms. The van der Waals surface area contributed by atoms with Crippen LogP contribution in [0.4, 0.5) is 5.95 Å². The summed E-state index contributed by atoms with van der Waals surface area (Å²) < 4.78 is 0. The van der Waals surface area contributed by atoms with Gasteiger partial charge in [-0.25, -0.2) is 9.97 Å². The first-order valence-corrected chi connectivity index (χ1v) is 7.12. The van der Waals surface area contributed by atoms with Gasteiger partial charge in [-0.3, -0.25) is 0 Å². The van der Waals surface area contributed by atoms with E-state index >= 15 is 0 Å². The summed E-state index contributed by atoms with van der Waals surface area (Å²) in [6, 6.07) is 0. The Morgan fingerprint density at radius 3 is 2.39 bits per heavy atom. The van der Waals surface area contributed by atoms with Crippen molar-refractivity contribution < 1.29 is 0 Å². The zero-order valence-electron chi connectivity index (χ0n) is 11.7. The van der Waals surface area contributed by atoms with Gasteiger partial charge in [-0.15, -0.1) is 0 Å². The van der Waals surface area contributed by atoms with Gasteiger partial charge in [0.2, 0.25) is 5.95 Å². The molecular formula is C14H26N4. The van der Waals surface area contributed by atoms with Crippen molar-refractivity contribution >= 4 is 5.95 Å². The molecule has 1 rings (SSSR count). The molecule has 2 N–H and O–H groups in total. The highest BCUT2D eigenvalue weighted by Gasteiger charge is 1.96. The highest BCUT2D eigenvalue weighted by Crippen LogP contribution is 2.02. The number of nitrogens with one attached hydrogen (secondary N) is 2. The maximum atomic E-state index is 4.25. The predicted molar refractivity (Wildman–Crippen MR) is 76.7 cm³/mol. The highest BCUT2D eigenvalue weighted by atomic mass is 15.1. The first-order chi connectivity index (χ1) is 8.86. The van der Waals surface area contributed by atoms with E-state index in [9.17, 15) is 0 Å². The predicted octanol–water partition coefficient (Wildman–Crippen LogP) is 2.97. The van der Waals surface area contributed by atoms with Crippen LogP contribution in [0.15, 0.2) is 12.4 Å². The third kappa shape index (κ3) is 6.55. The van der Waals surface area contributed by atoms with Gasteiger partial charge in [0, 0.05) is 31.0 Å². The van der Waals surface area contributed by atoms with Crippen molar-refractivity contribution in [2.75, 3.05) is 18.4 Å². The van der Waals surface area contributed by atoms with Crippen LogP contribution in [0.1, 0.15) is 51.5 Å². The highest BCUT2D eigenvalue weighted by molar-refractivity contribution is 5.24. The summed E-state index contributed by atoms with van der Waals surface area (Å²) in [7, 11) is 0. The number of rotatable bonds is 10. The van der Waals surface area contributed by atoms with Crippen LogP contribution < -0.4 is 10.6 Å². The lowest BCUT2D eigenvalue weighted by atomic mass is 10.1. The minimum atomic E-state index is 0.709. The summed E-state index contributed by atoms with van der Waals surface area (Å²) in [4.78, 5) is 8.49. The molecule has 0 bridgehead atoms. The van der Waals surface area contributed by atoms with E-state index < -0.39 is 0 Å². The molecule has 0 aliphatic heterocycles. The molecule has 0 aliphatic rings. The molecule has 0 saturated carbocycles. The van der Waals surface area contributed by atoms with Gasteiger partial charge >= 0.3 is 0 Å². The quantitative estimate of drug-likeness (QED) is 0.627. The van der Waals surface area contributed by atoms with Gasteiger partial charge in [0.25, 0.3) is 0 Å². The molecule has 0 fully saturated rings. The molecule has 1 heterocycles. The Balaban J connectivity index is 2.08. The average Bonchev–Trinajstić information content (AvgIpc) is 2.40. The lowest BCUT2D eigenvalue weighted by molar-refractivity contribution is 0.582. The van der Waals surface area contributed by atoms with E-state index in [2.05, 4.69) is 27.5 Å². The van der Waals surface area contributed by atoms with Crippen molar-refractivity contribution in [3.05, 3.63) is 18.0 Å². The van der Waals surface area contributed by atoms with Crippen LogP contribution in [0.5, 0.6) is 0 Å². The fourth-order valence-corrected chi connectivity index (χ4v) is 1.78. The number of anilines is 1. The van der Waals surface area contributed by atoms with Gasteiger partial charge in [0.15, 0.2) is 0 Å². The van der Waals surface area contributed by atoms with Gasteiger partial charge in [0.05, 0.1) is 0 Å². The molecule has 0 amide bonds. The Morgan fingerprint density at radius 2 is 1.72 bits per heavy atom. The molecule has 0 saturated heterocycles. The Kier molecular flexibility index (Phi) is 8.13. The molecule has 1 aromatic heterocycles. The lowest BCUT2D eigenvalue weighted by Gasteiger charge is -2.05. The van der Waals surface area contributed by atoms with Crippen molar-refractivity contribution in [2.45, 2.75) is 52.5 Å². The summed E-state index contributed by atoms with van der Waals surface area (Å²) >= 11 is 0. The van der Waals surface area contributed by atoms with Crippen molar-refractivity contribution in [2.24, 2.45) is 0 Å². The molecule has 4 nitrogen and oxygen atoms in total. The number of hydrogen-bond acceptors (Lipinski definition) is 4. The Labute approximate surface area is 111 Å². The van der Waals surface area contributed by atoms with Gasteiger partial charge in [0.1, 0.15) is 0 Å². The molecule has 102 valence electrons. The topological polar surface area (TPSA) is 49.8 Å². The van der Waals surface area contributed by atoms with Gasteiger partial charge < -0.3 is 10.6 Å². The van der Waals surface area contributed by atoms with Crippen LogP contribution in [0.25, 0.3) is 0 Å². The van der Waals surface area contributed by atoms with Gasteiger partial charge in [-0.1, -0.05) is 32.6 Å². The molecule has 0 aliphatic carbocycles. The first-order valence-electron chi connectivity index (χ1n) is 7.12. The second-order valence-electron chi connectivity index (χ2n) is 4.54. The number of hydrogen-bond donors (Lipinski definition) is 2. The Bertz CT molecular complexity index is 297. The van der Waals surface area contributed by atoms with E-state index in [-0.39, 0.29) is 0 Å². The van der Waals surface area contributed by atoms with E-state index in [0.717, 1.165) is 25.2 Å². The zero-order chi connectivity index (χ0) is 13.1. The Hall–Kier alpha value is -1.16. The van der Waals surface area contributed by atoms with E-state index in [1.54, 1.807) is 0 Å². The summed E-state index contributed by atoms with van der Waals surface area (Å²) in [6.07, 6.45) is 10.4.